The SMILES string of the molecule is COc1cc(N/C=C(\C#N)c2nc(-c3ccc(C)c(C)c3)cs2)c(C)cc1[N+](=O)[O-]. The molecule has 0 saturated carbocycles. The maximum absolute atomic E-state index is 11.1. The number of ether oxygens (including phenoxy) is 1. The average Bonchev–Trinajstić information content (AvgIpc) is 3.21. The van der Waals surface area contributed by atoms with E-state index in [1.54, 1.807) is 19.2 Å². The molecule has 0 spiro atoms. The van der Waals surface area contributed by atoms with Gasteiger partial charge in [0.2, 0.25) is 0 Å². The maximum Gasteiger partial charge on any atom is 0.311 e. The van der Waals surface area contributed by atoms with E-state index in [4.69, 9.17) is 4.74 Å². The lowest BCUT2D eigenvalue weighted by Crippen LogP contribution is -1.99. The van der Waals surface area contributed by atoms with Crippen molar-refractivity contribution in [2.24, 2.45) is 0 Å². The van der Waals surface area contributed by atoms with Crippen molar-refractivity contribution < 1.29 is 9.66 Å². The molecule has 0 radical (unpaired) electrons. The Bertz CT molecular complexity index is 1190. The molecule has 0 fully saturated rings. The first-order valence-corrected chi connectivity index (χ1v) is 9.95. The van der Waals surface area contributed by atoms with Crippen molar-refractivity contribution in [1.29, 1.82) is 5.26 Å². The van der Waals surface area contributed by atoms with Gasteiger partial charge in [0, 0.05) is 35.0 Å². The summed E-state index contributed by atoms with van der Waals surface area (Å²) in [6, 6.07) is 11.3. The second-order valence-electron chi connectivity index (χ2n) is 6.75. The molecule has 1 N–H and O–H groups in total. The number of aryl methyl sites for hydroxylation is 3. The number of nitro benzene ring substituents is 1. The number of hydrogen-bond acceptors (Lipinski definition) is 7. The predicted octanol–water partition coefficient (Wildman–Crippen LogP) is 5.63. The zero-order chi connectivity index (χ0) is 21.8. The number of nitrogens with one attached hydrogen (secondary N) is 1. The van der Waals surface area contributed by atoms with Gasteiger partial charge in [-0.25, -0.2) is 4.98 Å². The lowest BCUT2D eigenvalue weighted by molar-refractivity contribution is -0.385. The normalized spacial score (nSPS) is 11.1. The molecule has 0 saturated heterocycles. The number of rotatable bonds is 6. The molecule has 2 aromatic carbocycles. The molecule has 0 bridgehead atoms. The molecule has 0 aliphatic carbocycles. The number of nitro groups is 1. The van der Waals surface area contributed by atoms with Crippen molar-refractivity contribution in [2.45, 2.75) is 20.8 Å². The number of nitriles is 1. The first kappa shape index (κ1) is 21.0. The van der Waals surface area contributed by atoms with Crippen molar-refractivity contribution >= 4 is 28.3 Å². The summed E-state index contributed by atoms with van der Waals surface area (Å²) in [5, 5.41) is 26.3. The third-order valence-electron chi connectivity index (χ3n) is 4.75. The van der Waals surface area contributed by atoms with Gasteiger partial charge in [-0.1, -0.05) is 12.1 Å². The van der Waals surface area contributed by atoms with Crippen LogP contribution in [0.5, 0.6) is 5.75 Å². The van der Waals surface area contributed by atoms with Crippen LogP contribution in [0.4, 0.5) is 11.4 Å². The van der Waals surface area contributed by atoms with E-state index in [0.29, 0.717) is 21.8 Å². The van der Waals surface area contributed by atoms with Gasteiger partial charge in [0.15, 0.2) is 5.75 Å². The molecule has 1 aromatic heterocycles. The fourth-order valence-corrected chi connectivity index (χ4v) is 3.65. The fraction of sp³-hybridized carbons (Fsp3) is 0.182. The highest BCUT2D eigenvalue weighted by Crippen LogP contribution is 2.33. The average molecular weight is 420 g/mol. The smallest absolute Gasteiger partial charge is 0.311 e. The summed E-state index contributed by atoms with van der Waals surface area (Å²) >= 11 is 1.38. The molecular formula is C22H20N4O3S. The van der Waals surface area contributed by atoms with Crippen LogP contribution < -0.4 is 10.1 Å². The van der Waals surface area contributed by atoms with E-state index in [0.717, 1.165) is 11.3 Å². The second-order valence-corrected chi connectivity index (χ2v) is 7.61. The Morgan fingerprint density at radius 3 is 2.63 bits per heavy atom. The molecule has 3 rings (SSSR count). The van der Waals surface area contributed by atoms with Crippen LogP contribution in [0.1, 0.15) is 21.7 Å². The summed E-state index contributed by atoms with van der Waals surface area (Å²) in [5.74, 6) is 0.145. The fourth-order valence-electron chi connectivity index (χ4n) is 2.86. The van der Waals surface area contributed by atoms with E-state index < -0.39 is 4.92 Å². The Morgan fingerprint density at radius 2 is 2.00 bits per heavy atom. The minimum atomic E-state index is -0.490. The molecule has 152 valence electrons. The quantitative estimate of drug-likeness (QED) is 0.315. The number of hydrogen-bond donors (Lipinski definition) is 1. The molecule has 1 heterocycles. The van der Waals surface area contributed by atoms with E-state index in [9.17, 15) is 15.4 Å². The van der Waals surface area contributed by atoms with E-state index in [2.05, 4.69) is 42.4 Å². The van der Waals surface area contributed by atoms with Crippen molar-refractivity contribution in [3.05, 3.63) is 73.7 Å². The number of allylic oxidation sites excluding steroid dienone is 1. The van der Waals surface area contributed by atoms with Crippen molar-refractivity contribution in [3.8, 4) is 23.1 Å². The van der Waals surface area contributed by atoms with Gasteiger partial charge >= 0.3 is 5.69 Å². The van der Waals surface area contributed by atoms with Gasteiger partial charge in [0.05, 0.1) is 17.7 Å². The lowest BCUT2D eigenvalue weighted by Gasteiger charge is -2.09. The molecule has 0 unspecified atom stereocenters. The first-order valence-electron chi connectivity index (χ1n) is 9.07. The molecule has 0 aliphatic heterocycles. The van der Waals surface area contributed by atoms with Gasteiger partial charge in [-0.15, -0.1) is 11.3 Å². The van der Waals surface area contributed by atoms with Gasteiger partial charge in [0.25, 0.3) is 0 Å². The van der Waals surface area contributed by atoms with Gasteiger partial charge in [-0.05, 0) is 43.5 Å². The maximum atomic E-state index is 11.1. The summed E-state index contributed by atoms with van der Waals surface area (Å²) in [5.41, 5.74) is 5.73. The van der Waals surface area contributed by atoms with E-state index >= 15 is 0 Å². The summed E-state index contributed by atoms with van der Waals surface area (Å²) in [6.45, 7) is 5.86. The third kappa shape index (κ3) is 4.31. The third-order valence-corrected chi connectivity index (χ3v) is 5.63. The van der Waals surface area contributed by atoms with E-state index in [1.807, 2.05) is 11.4 Å². The molecule has 30 heavy (non-hydrogen) atoms. The topological polar surface area (TPSA) is 101 Å². The molecule has 0 aliphatic rings. The minimum Gasteiger partial charge on any atom is -0.490 e. The Kier molecular flexibility index (Phi) is 6.14. The van der Waals surface area contributed by atoms with Gasteiger partial charge in [-0.3, -0.25) is 10.1 Å². The molecule has 0 amide bonds. The highest BCUT2D eigenvalue weighted by Gasteiger charge is 2.17. The summed E-state index contributed by atoms with van der Waals surface area (Å²) in [6.07, 6.45) is 1.55. The van der Waals surface area contributed by atoms with Crippen LogP contribution in [0.25, 0.3) is 16.8 Å². The zero-order valence-electron chi connectivity index (χ0n) is 17.0. The van der Waals surface area contributed by atoms with Crippen LogP contribution in [-0.2, 0) is 0 Å². The number of aromatic nitrogens is 1. The largest absolute Gasteiger partial charge is 0.490 e. The van der Waals surface area contributed by atoms with Crippen molar-refractivity contribution in [2.75, 3.05) is 12.4 Å². The Balaban J connectivity index is 1.89. The number of benzene rings is 2. The Hall–Kier alpha value is -3.70. The summed E-state index contributed by atoms with van der Waals surface area (Å²) in [4.78, 5) is 15.3. The van der Waals surface area contributed by atoms with Crippen LogP contribution in [0.2, 0.25) is 0 Å². The summed E-state index contributed by atoms with van der Waals surface area (Å²) < 4.78 is 5.11. The van der Waals surface area contributed by atoms with Crippen LogP contribution in [0.15, 0.2) is 41.9 Å². The molecule has 7 nitrogen and oxygen atoms in total. The molecule has 3 aromatic rings. The van der Waals surface area contributed by atoms with Crippen LogP contribution in [0, 0.1) is 42.2 Å². The highest BCUT2D eigenvalue weighted by atomic mass is 32.1. The van der Waals surface area contributed by atoms with Crippen molar-refractivity contribution in [1.82, 2.24) is 4.98 Å². The second kappa shape index (κ2) is 8.76. The highest BCUT2D eigenvalue weighted by molar-refractivity contribution is 7.11. The van der Waals surface area contributed by atoms with Crippen LogP contribution >= 0.6 is 11.3 Å². The predicted molar refractivity (Wildman–Crippen MR) is 119 cm³/mol. The van der Waals surface area contributed by atoms with Crippen LogP contribution in [0.3, 0.4) is 0 Å². The lowest BCUT2D eigenvalue weighted by atomic mass is 10.1. The first-order chi connectivity index (χ1) is 14.3. The minimum absolute atomic E-state index is 0.108. The van der Waals surface area contributed by atoms with E-state index in [-0.39, 0.29) is 11.4 Å². The number of anilines is 1. The van der Waals surface area contributed by atoms with Gasteiger partial charge < -0.3 is 10.1 Å². The summed E-state index contributed by atoms with van der Waals surface area (Å²) in [7, 11) is 1.38. The van der Waals surface area contributed by atoms with Crippen LogP contribution in [-0.4, -0.2) is 17.0 Å². The number of methoxy groups -OCH3 is 1. The zero-order valence-corrected chi connectivity index (χ0v) is 17.8. The van der Waals surface area contributed by atoms with Crippen molar-refractivity contribution in [3.63, 3.8) is 0 Å². The molecular weight excluding hydrogens is 400 g/mol. The Morgan fingerprint density at radius 1 is 1.23 bits per heavy atom. The molecule has 8 heteroatoms. The monoisotopic (exact) mass is 420 g/mol. The molecule has 0 atom stereocenters. The number of thiazole rings is 1. The van der Waals surface area contributed by atoms with Gasteiger partial charge in [0.1, 0.15) is 16.6 Å². The van der Waals surface area contributed by atoms with Gasteiger partial charge in [-0.2, -0.15) is 5.26 Å². The Labute approximate surface area is 178 Å². The van der Waals surface area contributed by atoms with E-state index in [1.165, 1.54) is 35.6 Å². The number of nitrogens with zero attached hydrogens (tertiary/aromatic N) is 3. The standard InChI is InChI=1S/C22H20N4O3S/c1-13-5-6-16(7-14(13)2)19-12-30-22(25-19)17(10-23)11-24-18-9-21(29-4)20(26(27)28)8-15(18)3/h5-9,11-12,24H,1-4H3/b17-11+.